The molecule has 120 valence electrons. The Balaban J connectivity index is 1.69. The Morgan fingerprint density at radius 2 is 1.96 bits per heavy atom. The molecule has 0 saturated carbocycles. The lowest BCUT2D eigenvalue weighted by molar-refractivity contribution is -0.117. The monoisotopic (exact) mass is 322 g/mol. The number of anilines is 1. The van der Waals surface area contributed by atoms with E-state index in [1.165, 1.54) is 12.1 Å². The number of carbonyl (C=O) groups excluding carboxylic acids is 1. The van der Waals surface area contributed by atoms with Crippen LogP contribution >= 0.6 is 0 Å². The fourth-order valence-electron chi connectivity index (χ4n) is 2.91. The zero-order valence-electron chi connectivity index (χ0n) is 13.1. The first kappa shape index (κ1) is 14.6. The molecule has 0 radical (unpaired) electrons. The SMILES string of the molecule is Cn1ccc(CN2C(=O)Cc3ncc(-c4ccc(F)cc4)cc32)n1. The summed E-state index contributed by atoms with van der Waals surface area (Å²) in [6.07, 6.45) is 3.87. The van der Waals surface area contributed by atoms with Gasteiger partial charge in [0.2, 0.25) is 5.91 Å². The van der Waals surface area contributed by atoms with Crippen LogP contribution in [0.2, 0.25) is 0 Å². The first-order valence-corrected chi connectivity index (χ1v) is 7.64. The Hall–Kier alpha value is -3.02. The Bertz CT molecular complexity index is 917. The minimum atomic E-state index is -0.278. The zero-order valence-corrected chi connectivity index (χ0v) is 13.1. The van der Waals surface area contributed by atoms with E-state index in [1.54, 1.807) is 27.9 Å². The molecule has 1 aliphatic heterocycles. The molecule has 3 heterocycles. The van der Waals surface area contributed by atoms with E-state index in [-0.39, 0.29) is 11.7 Å². The highest BCUT2D eigenvalue weighted by molar-refractivity contribution is 6.01. The molecule has 1 aliphatic rings. The smallest absolute Gasteiger partial charge is 0.233 e. The minimum absolute atomic E-state index is 0.0133. The highest BCUT2D eigenvalue weighted by Gasteiger charge is 2.29. The van der Waals surface area contributed by atoms with E-state index in [1.807, 2.05) is 25.4 Å². The first-order chi connectivity index (χ1) is 11.6. The quantitative estimate of drug-likeness (QED) is 0.745. The van der Waals surface area contributed by atoms with Crippen LogP contribution in [0, 0.1) is 5.82 Å². The fourth-order valence-corrected chi connectivity index (χ4v) is 2.91. The number of benzene rings is 1. The summed E-state index contributed by atoms with van der Waals surface area (Å²) in [5.74, 6) is -0.265. The summed E-state index contributed by atoms with van der Waals surface area (Å²) in [4.78, 5) is 18.5. The highest BCUT2D eigenvalue weighted by Crippen LogP contribution is 2.32. The number of aromatic nitrogens is 3. The third-order valence-corrected chi connectivity index (χ3v) is 4.12. The number of fused-ring (bicyclic) bond motifs is 1. The molecule has 0 N–H and O–H groups in total. The summed E-state index contributed by atoms with van der Waals surface area (Å²) < 4.78 is 14.8. The highest BCUT2D eigenvalue weighted by atomic mass is 19.1. The van der Waals surface area contributed by atoms with Crippen molar-refractivity contribution in [3.05, 3.63) is 66.0 Å². The average Bonchev–Trinajstić information content (AvgIpc) is 3.12. The van der Waals surface area contributed by atoms with Gasteiger partial charge in [0.15, 0.2) is 0 Å². The molecule has 0 saturated heterocycles. The number of amides is 1. The second-order valence-electron chi connectivity index (χ2n) is 5.83. The van der Waals surface area contributed by atoms with Gasteiger partial charge in [0.25, 0.3) is 0 Å². The van der Waals surface area contributed by atoms with Crippen LogP contribution < -0.4 is 4.90 Å². The number of aryl methyl sites for hydroxylation is 1. The van der Waals surface area contributed by atoms with Crippen LogP contribution in [0.4, 0.5) is 10.1 Å². The molecule has 24 heavy (non-hydrogen) atoms. The molecule has 0 atom stereocenters. The lowest BCUT2D eigenvalue weighted by atomic mass is 10.1. The van der Waals surface area contributed by atoms with Crippen LogP contribution in [0.3, 0.4) is 0 Å². The Labute approximate surface area is 138 Å². The van der Waals surface area contributed by atoms with Gasteiger partial charge >= 0.3 is 0 Å². The number of rotatable bonds is 3. The number of hydrogen-bond acceptors (Lipinski definition) is 3. The molecule has 1 aromatic carbocycles. The van der Waals surface area contributed by atoms with Gasteiger partial charge < -0.3 is 4.90 Å². The van der Waals surface area contributed by atoms with E-state index in [0.717, 1.165) is 28.2 Å². The van der Waals surface area contributed by atoms with Gasteiger partial charge in [0.05, 0.1) is 30.0 Å². The predicted octanol–water partition coefficient (Wildman–Crippen LogP) is 2.71. The van der Waals surface area contributed by atoms with Crippen LogP contribution in [0.15, 0.2) is 48.8 Å². The van der Waals surface area contributed by atoms with Gasteiger partial charge in [-0.05, 0) is 29.8 Å². The normalized spacial score (nSPS) is 13.4. The maximum atomic E-state index is 13.1. The Morgan fingerprint density at radius 1 is 1.17 bits per heavy atom. The van der Waals surface area contributed by atoms with Crippen LogP contribution in [0.1, 0.15) is 11.4 Å². The molecular formula is C18H15FN4O. The third kappa shape index (κ3) is 2.56. The number of pyridine rings is 1. The first-order valence-electron chi connectivity index (χ1n) is 7.64. The van der Waals surface area contributed by atoms with Crippen LogP contribution in [-0.2, 0) is 24.8 Å². The van der Waals surface area contributed by atoms with Crippen LogP contribution in [0.25, 0.3) is 11.1 Å². The lowest BCUT2D eigenvalue weighted by Gasteiger charge is -2.16. The van der Waals surface area contributed by atoms with Crippen molar-refractivity contribution in [3.63, 3.8) is 0 Å². The fraction of sp³-hybridized carbons (Fsp3) is 0.167. The van der Waals surface area contributed by atoms with Gasteiger partial charge in [-0.25, -0.2) is 4.39 Å². The number of hydrogen-bond donors (Lipinski definition) is 0. The van der Waals surface area contributed by atoms with Crippen molar-refractivity contribution in [1.29, 1.82) is 0 Å². The number of carbonyl (C=O) groups is 1. The summed E-state index contributed by atoms with van der Waals surface area (Å²) in [7, 11) is 1.84. The van der Waals surface area contributed by atoms with Gasteiger partial charge in [-0.2, -0.15) is 5.10 Å². The van der Waals surface area contributed by atoms with Crippen molar-refractivity contribution in [2.24, 2.45) is 7.05 Å². The summed E-state index contributed by atoms with van der Waals surface area (Å²) in [5.41, 5.74) is 4.11. The Morgan fingerprint density at radius 3 is 2.67 bits per heavy atom. The molecule has 0 bridgehead atoms. The topological polar surface area (TPSA) is 51.0 Å². The zero-order chi connectivity index (χ0) is 16.7. The Kier molecular flexibility index (Phi) is 3.37. The third-order valence-electron chi connectivity index (χ3n) is 4.12. The van der Waals surface area contributed by atoms with E-state index in [9.17, 15) is 9.18 Å². The van der Waals surface area contributed by atoms with Crippen molar-refractivity contribution in [3.8, 4) is 11.1 Å². The summed E-state index contributed by atoms with van der Waals surface area (Å²) in [6.45, 7) is 0.418. The van der Waals surface area contributed by atoms with Crippen LogP contribution in [-0.4, -0.2) is 20.7 Å². The molecule has 1 amide bonds. The van der Waals surface area contributed by atoms with Crippen molar-refractivity contribution < 1.29 is 9.18 Å². The van der Waals surface area contributed by atoms with Gasteiger partial charge in [-0.1, -0.05) is 12.1 Å². The van der Waals surface area contributed by atoms with Crippen molar-refractivity contribution in [2.75, 3.05) is 4.90 Å². The van der Waals surface area contributed by atoms with Gasteiger partial charge in [0.1, 0.15) is 5.82 Å². The van der Waals surface area contributed by atoms with Crippen LogP contribution in [0.5, 0.6) is 0 Å². The molecule has 0 unspecified atom stereocenters. The van der Waals surface area contributed by atoms with Gasteiger partial charge in [0, 0.05) is 25.0 Å². The largest absolute Gasteiger partial charge is 0.304 e. The number of nitrogens with zero attached hydrogens (tertiary/aromatic N) is 4. The molecule has 2 aromatic heterocycles. The molecule has 0 spiro atoms. The second kappa shape index (κ2) is 5.56. The second-order valence-corrected chi connectivity index (χ2v) is 5.83. The number of halogens is 1. The molecule has 6 heteroatoms. The van der Waals surface area contributed by atoms with E-state index >= 15 is 0 Å². The van der Waals surface area contributed by atoms with E-state index in [0.29, 0.717) is 13.0 Å². The van der Waals surface area contributed by atoms with Gasteiger partial charge in [-0.3, -0.25) is 14.5 Å². The summed E-state index contributed by atoms with van der Waals surface area (Å²) >= 11 is 0. The summed E-state index contributed by atoms with van der Waals surface area (Å²) in [5, 5.41) is 4.33. The molecule has 0 fully saturated rings. The van der Waals surface area contributed by atoms with E-state index in [4.69, 9.17) is 0 Å². The van der Waals surface area contributed by atoms with E-state index in [2.05, 4.69) is 10.1 Å². The minimum Gasteiger partial charge on any atom is -0.304 e. The van der Waals surface area contributed by atoms with Crippen molar-refractivity contribution in [2.45, 2.75) is 13.0 Å². The van der Waals surface area contributed by atoms with Crippen molar-refractivity contribution >= 4 is 11.6 Å². The van der Waals surface area contributed by atoms with Gasteiger partial charge in [-0.15, -0.1) is 0 Å². The average molecular weight is 322 g/mol. The summed E-state index contributed by atoms with van der Waals surface area (Å²) in [6, 6.07) is 10.1. The van der Waals surface area contributed by atoms with Crippen molar-refractivity contribution in [1.82, 2.24) is 14.8 Å². The molecule has 0 aliphatic carbocycles. The molecule has 4 rings (SSSR count). The maximum absolute atomic E-state index is 13.1. The standard InChI is InChI=1S/C18H15FN4O/c1-22-7-6-15(21-22)11-23-17-8-13(10-20-16(17)9-18(23)24)12-2-4-14(19)5-3-12/h2-8,10H,9,11H2,1H3. The molecular weight excluding hydrogens is 307 g/mol. The molecule has 5 nitrogen and oxygen atoms in total. The molecule has 3 aromatic rings. The predicted molar refractivity (Wildman–Crippen MR) is 87.7 cm³/mol. The maximum Gasteiger partial charge on any atom is 0.233 e. The lowest BCUT2D eigenvalue weighted by Crippen LogP contribution is -2.26. The van der Waals surface area contributed by atoms with E-state index < -0.39 is 0 Å².